The number of aromatic amines is 1. The van der Waals surface area contributed by atoms with Crippen LogP contribution in [0.15, 0.2) is 52.0 Å². The molecule has 3 rings (SSSR count). The Morgan fingerprint density at radius 2 is 2.05 bits per heavy atom. The summed E-state index contributed by atoms with van der Waals surface area (Å²) in [6.45, 7) is 1.89. The number of H-pyrrole nitrogens is 1. The molecule has 2 aromatic heterocycles. The summed E-state index contributed by atoms with van der Waals surface area (Å²) < 4.78 is 7.45. The second-order valence-corrected chi connectivity index (χ2v) is 4.61. The van der Waals surface area contributed by atoms with E-state index in [-0.39, 0.29) is 0 Å². The van der Waals surface area contributed by atoms with Crippen LogP contribution >= 0.6 is 12.2 Å². The molecule has 3 aromatic rings. The highest BCUT2D eigenvalue weighted by Crippen LogP contribution is 2.16. The Morgan fingerprint density at radius 3 is 2.75 bits per heavy atom. The molecule has 0 saturated heterocycles. The number of rotatable bonds is 3. The maximum atomic E-state index is 5.44. The molecule has 1 aromatic carbocycles. The molecule has 100 valence electrons. The van der Waals surface area contributed by atoms with Gasteiger partial charge in [0.1, 0.15) is 11.5 Å². The highest BCUT2D eigenvalue weighted by Gasteiger charge is 2.07. The predicted molar refractivity (Wildman–Crippen MR) is 79.3 cm³/mol. The van der Waals surface area contributed by atoms with Crippen LogP contribution in [0.5, 0.6) is 0 Å². The lowest BCUT2D eigenvalue weighted by molar-refractivity contribution is 0.527. The van der Waals surface area contributed by atoms with Crippen LogP contribution in [-0.4, -0.2) is 21.1 Å². The van der Waals surface area contributed by atoms with Gasteiger partial charge in [-0.2, -0.15) is 14.9 Å². The summed E-state index contributed by atoms with van der Waals surface area (Å²) in [5.74, 6) is 2.17. The van der Waals surface area contributed by atoms with Gasteiger partial charge in [0.2, 0.25) is 4.77 Å². The van der Waals surface area contributed by atoms with Gasteiger partial charge in [-0.15, -0.1) is 0 Å². The third-order valence-corrected chi connectivity index (χ3v) is 3.01. The highest BCUT2D eigenvalue weighted by molar-refractivity contribution is 7.71. The van der Waals surface area contributed by atoms with Crippen LogP contribution in [0.2, 0.25) is 0 Å². The van der Waals surface area contributed by atoms with E-state index in [4.69, 9.17) is 16.6 Å². The fraction of sp³-hybridized carbons (Fsp3) is 0.0714. The molecule has 0 spiro atoms. The van der Waals surface area contributed by atoms with Crippen molar-refractivity contribution in [3.05, 3.63) is 58.8 Å². The Hall–Kier alpha value is -2.47. The van der Waals surface area contributed by atoms with Crippen molar-refractivity contribution in [3.63, 3.8) is 0 Å². The number of hydrogen-bond donors (Lipinski definition) is 1. The highest BCUT2D eigenvalue weighted by atomic mass is 32.1. The number of nitrogens with zero attached hydrogens (tertiary/aromatic N) is 3. The monoisotopic (exact) mass is 284 g/mol. The summed E-state index contributed by atoms with van der Waals surface area (Å²) in [4.78, 5) is 0. The van der Waals surface area contributed by atoms with Crippen molar-refractivity contribution in [2.45, 2.75) is 6.92 Å². The van der Waals surface area contributed by atoms with E-state index in [0.717, 1.165) is 11.3 Å². The zero-order valence-corrected chi connectivity index (χ0v) is 11.6. The zero-order chi connectivity index (χ0) is 13.9. The molecule has 5 nitrogen and oxygen atoms in total. The average molecular weight is 284 g/mol. The Balaban J connectivity index is 2.00. The summed E-state index contributed by atoms with van der Waals surface area (Å²) >= 11 is 5.19. The first kappa shape index (κ1) is 12.6. The van der Waals surface area contributed by atoms with Gasteiger partial charge in [-0.3, -0.25) is 0 Å². The molecule has 0 amide bonds. The van der Waals surface area contributed by atoms with Crippen molar-refractivity contribution < 1.29 is 4.42 Å². The molecule has 0 atom stereocenters. The van der Waals surface area contributed by atoms with E-state index < -0.39 is 0 Å². The second-order valence-electron chi connectivity index (χ2n) is 4.22. The van der Waals surface area contributed by atoms with Gasteiger partial charge in [-0.25, -0.2) is 5.10 Å². The van der Waals surface area contributed by atoms with Crippen LogP contribution in [0.25, 0.3) is 11.4 Å². The summed E-state index contributed by atoms with van der Waals surface area (Å²) in [5, 5.41) is 11.3. The van der Waals surface area contributed by atoms with E-state index in [0.29, 0.717) is 16.4 Å². The van der Waals surface area contributed by atoms with Crippen molar-refractivity contribution in [2.24, 2.45) is 5.10 Å². The molecule has 0 aliphatic rings. The Kier molecular flexibility index (Phi) is 3.30. The van der Waals surface area contributed by atoms with E-state index in [1.165, 1.54) is 0 Å². The van der Waals surface area contributed by atoms with Crippen molar-refractivity contribution >= 4 is 18.4 Å². The summed E-state index contributed by atoms with van der Waals surface area (Å²) in [7, 11) is 0. The Labute approximate surface area is 120 Å². The van der Waals surface area contributed by atoms with Gasteiger partial charge >= 0.3 is 0 Å². The van der Waals surface area contributed by atoms with Crippen LogP contribution in [0.4, 0.5) is 0 Å². The number of aryl methyl sites for hydroxylation is 1. The molecule has 20 heavy (non-hydrogen) atoms. The van der Waals surface area contributed by atoms with Crippen LogP contribution < -0.4 is 0 Å². The lowest BCUT2D eigenvalue weighted by atomic mass is 10.2. The van der Waals surface area contributed by atoms with Crippen LogP contribution in [-0.2, 0) is 0 Å². The first-order chi connectivity index (χ1) is 9.74. The SMILES string of the molecule is Cc1ccc(/C=N\n2c(-c3ccccc3)n[nH]c2=S)o1. The van der Waals surface area contributed by atoms with Crippen LogP contribution in [0.3, 0.4) is 0 Å². The van der Waals surface area contributed by atoms with Gasteiger partial charge < -0.3 is 4.42 Å². The van der Waals surface area contributed by atoms with Gasteiger partial charge in [0.15, 0.2) is 5.82 Å². The molecule has 0 aliphatic heterocycles. The van der Waals surface area contributed by atoms with E-state index in [9.17, 15) is 0 Å². The normalized spacial score (nSPS) is 11.2. The number of nitrogens with one attached hydrogen (secondary N) is 1. The quantitative estimate of drug-likeness (QED) is 0.592. The largest absolute Gasteiger partial charge is 0.460 e. The van der Waals surface area contributed by atoms with Gasteiger partial charge in [0, 0.05) is 5.56 Å². The third-order valence-electron chi connectivity index (χ3n) is 2.74. The van der Waals surface area contributed by atoms with Gasteiger partial charge in [0.25, 0.3) is 0 Å². The summed E-state index contributed by atoms with van der Waals surface area (Å²) in [6.07, 6.45) is 1.62. The zero-order valence-electron chi connectivity index (χ0n) is 10.8. The van der Waals surface area contributed by atoms with Gasteiger partial charge in [-0.1, -0.05) is 30.3 Å². The molecule has 1 N–H and O–H groups in total. The van der Waals surface area contributed by atoms with Crippen molar-refractivity contribution in [2.75, 3.05) is 0 Å². The lowest BCUT2D eigenvalue weighted by Crippen LogP contribution is -1.94. The number of furan rings is 1. The molecular formula is C14H12N4OS. The molecule has 0 fully saturated rings. The van der Waals surface area contributed by atoms with E-state index in [1.54, 1.807) is 10.9 Å². The third kappa shape index (κ3) is 2.46. The molecule has 2 heterocycles. The molecule has 0 aliphatic carbocycles. The summed E-state index contributed by atoms with van der Waals surface area (Å²) in [6, 6.07) is 13.5. The Bertz CT molecular complexity index is 798. The molecule has 0 unspecified atom stereocenters. The number of aromatic nitrogens is 3. The predicted octanol–water partition coefficient (Wildman–Crippen LogP) is 3.39. The standard InChI is InChI=1S/C14H12N4OS/c1-10-7-8-12(19-10)9-15-18-13(16-17-14(18)20)11-5-3-2-4-6-11/h2-9H,1H3,(H,17,20)/b15-9-. The first-order valence-electron chi connectivity index (χ1n) is 6.08. The molecule has 0 bridgehead atoms. The van der Waals surface area contributed by atoms with Gasteiger partial charge in [-0.05, 0) is 31.3 Å². The first-order valence-corrected chi connectivity index (χ1v) is 6.48. The second kappa shape index (κ2) is 5.26. The van der Waals surface area contributed by atoms with Gasteiger partial charge in [0.05, 0.1) is 6.21 Å². The fourth-order valence-corrected chi connectivity index (χ4v) is 1.99. The summed E-state index contributed by atoms with van der Waals surface area (Å²) in [5.41, 5.74) is 0.938. The number of benzene rings is 1. The Morgan fingerprint density at radius 1 is 1.25 bits per heavy atom. The van der Waals surface area contributed by atoms with Crippen molar-refractivity contribution in [1.29, 1.82) is 0 Å². The van der Waals surface area contributed by atoms with E-state index >= 15 is 0 Å². The average Bonchev–Trinajstić information content (AvgIpc) is 3.04. The van der Waals surface area contributed by atoms with E-state index in [1.807, 2.05) is 49.4 Å². The minimum absolute atomic E-state index is 0.434. The number of hydrogen-bond acceptors (Lipinski definition) is 4. The minimum Gasteiger partial charge on any atom is -0.460 e. The maximum Gasteiger partial charge on any atom is 0.216 e. The molecule has 0 radical (unpaired) electrons. The maximum absolute atomic E-state index is 5.44. The lowest BCUT2D eigenvalue weighted by Gasteiger charge is -1.99. The minimum atomic E-state index is 0.434. The van der Waals surface area contributed by atoms with Crippen molar-refractivity contribution in [3.8, 4) is 11.4 Å². The topological polar surface area (TPSA) is 59.1 Å². The smallest absolute Gasteiger partial charge is 0.216 e. The molecule has 6 heteroatoms. The molecular weight excluding hydrogens is 272 g/mol. The van der Waals surface area contributed by atoms with E-state index in [2.05, 4.69) is 15.3 Å². The van der Waals surface area contributed by atoms with Crippen LogP contribution in [0, 0.1) is 11.7 Å². The molecule has 0 saturated carbocycles. The fourth-order valence-electron chi connectivity index (χ4n) is 1.81. The van der Waals surface area contributed by atoms with Crippen LogP contribution in [0.1, 0.15) is 11.5 Å². The van der Waals surface area contributed by atoms with Crippen molar-refractivity contribution in [1.82, 2.24) is 14.9 Å².